The predicted octanol–water partition coefficient (Wildman–Crippen LogP) is 1.98. The minimum Gasteiger partial charge on any atom is -0.364 e. The predicted molar refractivity (Wildman–Crippen MR) is 43.4 cm³/mol. The molecule has 0 spiro atoms. The first-order valence-electron chi connectivity index (χ1n) is 3.21. The summed E-state index contributed by atoms with van der Waals surface area (Å²) in [5.74, 6) is 0. The molecule has 0 aliphatic rings. The molecule has 0 aliphatic carbocycles. The van der Waals surface area contributed by atoms with Crippen LogP contribution in [0, 0.1) is 0 Å². The summed E-state index contributed by atoms with van der Waals surface area (Å²) < 4.78 is 4.69. The van der Waals surface area contributed by atoms with E-state index in [4.69, 9.17) is 11.6 Å². The maximum absolute atomic E-state index is 9.20. The van der Waals surface area contributed by atoms with Crippen molar-refractivity contribution in [2.75, 3.05) is 7.11 Å². The van der Waals surface area contributed by atoms with Crippen LogP contribution in [0.3, 0.4) is 0 Å². The quantitative estimate of drug-likeness (QED) is 0.692. The van der Waals surface area contributed by atoms with Crippen LogP contribution in [0.1, 0.15) is 11.9 Å². The van der Waals surface area contributed by atoms with Gasteiger partial charge in [0.25, 0.3) is 0 Å². The zero-order valence-electron chi connectivity index (χ0n) is 6.12. The molecule has 0 aromatic heterocycles. The molecular weight excluding hydrogens is 164 g/mol. The lowest BCUT2D eigenvalue weighted by atomic mass is 10.2. The molecule has 60 valence electrons. The Morgan fingerprint density at radius 3 is 2.64 bits per heavy atom. The van der Waals surface area contributed by atoms with E-state index < -0.39 is 6.29 Å². The summed E-state index contributed by atoms with van der Waals surface area (Å²) in [5.41, 5.74) is 0.594. The summed E-state index contributed by atoms with van der Waals surface area (Å²) >= 11 is 5.76. The van der Waals surface area contributed by atoms with Gasteiger partial charge >= 0.3 is 0 Å². The molecule has 0 bridgehead atoms. The van der Waals surface area contributed by atoms with E-state index in [0.717, 1.165) is 0 Å². The van der Waals surface area contributed by atoms with E-state index in [0.29, 0.717) is 10.6 Å². The number of hydrogen-bond acceptors (Lipinski definition) is 2. The second-order valence-corrected chi connectivity index (χ2v) is 2.52. The Morgan fingerprint density at radius 2 is 2.09 bits per heavy atom. The number of benzene rings is 1. The van der Waals surface area contributed by atoms with Gasteiger partial charge in [0.15, 0.2) is 6.29 Å². The minimum absolute atomic E-state index is 0.516. The fraction of sp³-hybridized carbons (Fsp3) is 0.250. The van der Waals surface area contributed by atoms with Crippen molar-refractivity contribution in [2.45, 2.75) is 6.29 Å². The van der Waals surface area contributed by atoms with Gasteiger partial charge in [-0.2, -0.15) is 0 Å². The first-order chi connectivity index (χ1) is 5.25. The van der Waals surface area contributed by atoms with Gasteiger partial charge in [-0.3, -0.25) is 0 Å². The van der Waals surface area contributed by atoms with E-state index >= 15 is 0 Å². The smallest absolute Gasteiger partial charge is 0.182 e. The van der Waals surface area contributed by atoms with E-state index in [1.54, 1.807) is 24.3 Å². The van der Waals surface area contributed by atoms with E-state index in [1.807, 2.05) is 0 Å². The van der Waals surface area contributed by atoms with Crippen LogP contribution in [-0.4, -0.2) is 12.2 Å². The lowest BCUT2D eigenvalue weighted by molar-refractivity contribution is -0.0768. The third-order valence-electron chi connectivity index (χ3n) is 1.39. The summed E-state index contributed by atoms with van der Waals surface area (Å²) in [7, 11) is 1.42. The van der Waals surface area contributed by atoms with E-state index in [9.17, 15) is 5.11 Å². The molecule has 0 fully saturated rings. The van der Waals surface area contributed by atoms with Gasteiger partial charge < -0.3 is 9.84 Å². The summed E-state index contributed by atoms with van der Waals surface area (Å²) in [6.07, 6.45) is -0.927. The maximum Gasteiger partial charge on any atom is 0.182 e. The molecular formula is C8H9ClO2. The Morgan fingerprint density at radius 1 is 1.45 bits per heavy atom. The zero-order chi connectivity index (χ0) is 8.27. The molecule has 0 heterocycles. The van der Waals surface area contributed by atoms with Crippen LogP contribution in [0.2, 0.25) is 5.02 Å². The van der Waals surface area contributed by atoms with Crippen molar-refractivity contribution < 1.29 is 9.84 Å². The fourth-order valence-electron chi connectivity index (χ4n) is 0.802. The minimum atomic E-state index is -0.927. The normalized spacial score (nSPS) is 13.0. The monoisotopic (exact) mass is 172 g/mol. The van der Waals surface area contributed by atoms with Gasteiger partial charge in [-0.15, -0.1) is 0 Å². The topological polar surface area (TPSA) is 29.5 Å². The van der Waals surface area contributed by atoms with Crippen molar-refractivity contribution >= 4 is 11.6 Å². The highest BCUT2D eigenvalue weighted by Gasteiger charge is 2.07. The lowest BCUT2D eigenvalue weighted by Crippen LogP contribution is -1.99. The number of ether oxygens (including phenoxy) is 1. The van der Waals surface area contributed by atoms with Gasteiger partial charge in [0.2, 0.25) is 0 Å². The summed E-state index contributed by atoms with van der Waals surface area (Å²) in [6.45, 7) is 0. The average molecular weight is 173 g/mol. The van der Waals surface area contributed by atoms with Gasteiger partial charge in [-0.1, -0.05) is 29.8 Å². The molecule has 0 radical (unpaired) electrons. The van der Waals surface area contributed by atoms with Crippen LogP contribution in [-0.2, 0) is 4.74 Å². The molecule has 0 saturated carbocycles. The molecule has 1 aromatic rings. The van der Waals surface area contributed by atoms with Crippen molar-refractivity contribution in [1.82, 2.24) is 0 Å². The van der Waals surface area contributed by atoms with Crippen LogP contribution in [0.25, 0.3) is 0 Å². The molecule has 1 aromatic carbocycles. The van der Waals surface area contributed by atoms with Crippen molar-refractivity contribution in [1.29, 1.82) is 0 Å². The number of hydrogen-bond donors (Lipinski definition) is 1. The van der Waals surface area contributed by atoms with Gasteiger partial charge in [0.05, 0.1) is 0 Å². The molecule has 0 amide bonds. The highest BCUT2D eigenvalue weighted by molar-refractivity contribution is 6.31. The van der Waals surface area contributed by atoms with E-state index in [2.05, 4.69) is 4.74 Å². The van der Waals surface area contributed by atoms with Crippen LogP contribution in [0.15, 0.2) is 24.3 Å². The number of aliphatic hydroxyl groups excluding tert-OH is 1. The number of rotatable bonds is 2. The first-order valence-corrected chi connectivity index (χ1v) is 3.59. The molecule has 1 N–H and O–H groups in total. The maximum atomic E-state index is 9.20. The van der Waals surface area contributed by atoms with Crippen LogP contribution in [0.4, 0.5) is 0 Å². The second kappa shape index (κ2) is 3.72. The van der Waals surface area contributed by atoms with Crippen molar-refractivity contribution in [3.8, 4) is 0 Å². The van der Waals surface area contributed by atoms with Gasteiger partial charge in [-0.25, -0.2) is 0 Å². The molecule has 1 rings (SSSR count). The molecule has 3 heteroatoms. The standard InChI is InChI=1S/C8H9ClO2/c1-11-8(10)6-4-2-3-5-7(6)9/h2-5,8,10H,1H3. The lowest BCUT2D eigenvalue weighted by Gasteiger charge is -2.09. The highest BCUT2D eigenvalue weighted by atomic mass is 35.5. The van der Waals surface area contributed by atoms with Crippen LogP contribution < -0.4 is 0 Å². The first kappa shape index (κ1) is 8.53. The van der Waals surface area contributed by atoms with Gasteiger partial charge in [0, 0.05) is 17.7 Å². The molecule has 0 saturated heterocycles. The van der Waals surface area contributed by atoms with Crippen molar-refractivity contribution in [3.05, 3.63) is 34.9 Å². The van der Waals surface area contributed by atoms with Crippen molar-refractivity contribution in [3.63, 3.8) is 0 Å². The summed E-state index contributed by atoms with van der Waals surface area (Å²) in [5, 5.41) is 9.72. The van der Waals surface area contributed by atoms with Crippen molar-refractivity contribution in [2.24, 2.45) is 0 Å². The third kappa shape index (κ3) is 1.93. The third-order valence-corrected chi connectivity index (χ3v) is 1.74. The zero-order valence-corrected chi connectivity index (χ0v) is 6.88. The molecule has 11 heavy (non-hydrogen) atoms. The van der Waals surface area contributed by atoms with Crippen LogP contribution >= 0.6 is 11.6 Å². The van der Waals surface area contributed by atoms with E-state index in [-0.39, 0.29) is 0 Å². The molecule has 1 atom stereocenters. The van der Waals surface area contributed by atoms with Gasteiger partial charge in [-0.05, 0) is 6.07 Å². The van der Waals surface area contributed by atoms with Crippen LogP contribution in [0.5, 0.6) is 0 Å². The summed E-state index contributed by atoms with van der Waals surface area (Å²) in [4.78, 5) is 0. The molecule has 0 aliphatic heterocycles. The fourth-order valence-corrected chi connectivity index (χ4v) is 1.03. The Balaban J connectivity index is 2.93. The average Bonchev–Trinajstić information content (AvgIpc) is 2.04. The SMILES string of the molecule is COC(O)c1ccccc1Cl. The van der Waals surface area contributed by atoms with Gasteiger partial charge in [0.1, 0.15) is 0 Å². The van der Waals surface area contributed by atoms with E-state index in [1.165, 1.54) is 7.11 Å². The summed E-state index contributed by atoms with van der Waals surface area (Å²) in [6, 6.07) is 7.02. The Labute approximate surface area is 70.4 Å². The number of halogens is 1. The second-order valence-electron chi connectivity index (χ2n) is 2.11. The Hall–Kier alpha value is -0.570. The highest BCUT2D eigenvalue weighted by Crippen LogP contribution is 2.22. The number of aliphatic hydroxyl groups is 1. The number of methoxy groups -OCH3 is 1. The Kier molecular flexibility index (Phi) is 2.88. The Bertz CT molecular complexity index is 237. The molecule has 2 nitrogen and oxygen atoms in total. The molecule has 1 unspecified atom stereocenters. The largest absolute Gasteiger partial charge is 0.364 e.